The number of aromatic nitrogens is 1. The van der Waals surface area contributed by atoms with Crippen LogP contribution in [0, 0.1) is 0 Å². The summed E-state index contributed by atoms with van der Waals surface area (Å²) in [6.07, 6.45) is 0.836. The number of carbonyl (C=O) groups is 1. The molecule has 0 radical (unpaired) electrons. The zero-order chi connectivity index (χ0) is 23.0. The van der Waals surface area contributed by atoms with Crippen LogP contribution in [-0.4, -0.2) is 30.3 Å². The number of nitrogens with zero attached hydrogens (tertiary/aromatic N) is 2. The van der Waals surface area contributed by atoms with Crippen molar-refractivity contribution in [2.24, 2.45) is 4.99 Å². The average Bonchev–Trinajstić information content (AvgIpc) is 3.17. The second kappa shape index (κ2) is 11.1. The minimum Gasteiger partial charge on any atom is -0.494 e. The summed E-state index contributed by atoms with van der Waals surface area (Å²) >= 11 is 1.49. The normalized spacial score (nSPS) is 11.8. The minimum absolute atomic E-state index is 0.247. The Morgan fingerprint density at radius 1 is 0.939 bits per heavy atom. The third-order valence-electron chi connectivity index (χ3n) is 5.28. The Labute approximate surface area is 198 Å². The van der Waals surface area contributed by atoms with E-state index in [4.69, 9.17) is 9.47 Å². The highest BCUT2D eigenvalue weighted by Gasteiger charge is 2.11. The zero-order valence-corrected chi connectivity index (χ0v) is 19.8. The van der Waals surface area contributed by atoms with E-state index in [2.05, 4.69) is 17.1 Å². The quantitative estimate of drug-likeness (QED) is 0.311. The first-order valence-corrected chi connectivity index (χ1v) is 12.1. The van der Waals surface area contributed by atoms with Crippen LogP contribution in [0.1, 0.15) is 35.3 Å². The molecule has 4 aromatic rings. The number of ether oxygens (including phenoxy) is 2. The topological polar surface area (TPSA) is 52.8 Å². The molecule has 170 valence electrons. The molecule has 0 atom stereocenters. The Morgan fingerprint density at radius 3 is 2.42 bits per heavy atom. The van der Waals surface area contributed by atoms with E-state index in [1.165, 1.54) is 16.9 Å². The molecule has 4 rings (SSSR count). The van der Waals surface area contributed by atoms with Gasteiger partial charge in [0.2, 0.25) is 0 Å². The number of benzene rings is 3. The Kier molecular flexibility index (Phi) is 7.70. The van der Waals surface area contributed by atoms with Crippen LogP contribution in [-0.2, 0) is 17.7 Å². The molecule has 0 saturated carbocycles. The molecule has 1 heterocycles. The monoisotopic (exact) mass is 460 g/mol. The standard InChI is InChI=1S/C27H28N2O3S/c1-3-31-17-16-29-24-15-14-23(32-4-2)19-25(24)33-27(29)28-26(30)22-12-10-21(11-13-22)18-20-8-6-5-7-9-20/h5-15,19H,3-4,16-18H2,1-2H3. The predicted molar refractivity (Wildman–Crippen MR) is 133 cm³/mol. The molecule has 5 nitrogen and oxygen atoms in total. The predicted octanol–water partition coefficient (Wildman–Crippen LogP) is 5.47. The summed E-state index contributed by atoms with van der Waals surface area (Å²) in [5.74, 6) is 0.568. The summed E-state index contributed by atoms with van der Waals surface area (Å²) < 4.78 is 14.3. The second-order valence-corrected chi connectivity index (χ2v) is 8.58. The highest BCUT2D eigenvalue weighted by atomic mass is 32.1. The van der Waals surface area contributed by atoms with Gasteiger partial charge in [-0.1, -0.05) is 53.8 Å². The van der Waals surface area contributed by atoms with Gasteiger partial charge in [-0.15, -0.1) is 0 Å². The maximum Gasteiger partial charge on any atom is 0.279 e. The number of amides is 1. The summed E-state index contributed by atoms with van der Waals surface area (Å²) in [5, 5.41) is 0. The molecule has 0 aliphatic heterocycles. The van der Waals surface area contributed by atoms with Crippen LogP contribution < -0.4 is 9.54 Å². The zero-order valence-electron chi connectivity index (χ0n) is 19.0. The summed E-state index contributed by atoms with van der Waals surface area (Å²) in [5.41, 5.74) is 4.01. The highest BCUT2D eigenvalue weighted by molar-refractivity contribution is 7.16. The molecular weight excluding hydrogens is 432 g/mol. The third kappa shape index (κ3) is 5.78. The lowest BCUT2D eigenvalue weighted by molar-refractivity contribution is 0.0996. The minimum atomic E-state index is -0.247. The van der Waals surface area contributed by atoms with Gasteiger partial charge in [0, 0.05) is 18.7 Å². The lowest BCUT2D eigenvalue weighted by Gasteiger charge is -2.07. The number of rotatable bonds is 9. The molecule has 0 N–H and O–H groups in total. The molecule has 6 heteroatoms. The molecule has 0 saturated heterocycles. The molecule has 0 bridgehead atoms. The molecule has 0 fully saturated rings. The van der Waals surface area contributed by atoms with Crippen molar-refractivity contribution in [1.29, 1.82) is 0 Å². The van der Waals surface area contributed by atoms with Gasteiger partial charge in [0.15, 0.2) is 4.80 Å². The van der Waals surface area contributed by atoms with Gasteiger partial charge in [-0.05, 0) is 61.7 Å². The number of hydrogen-bond donors (Lipinski definition) is 0. The molecule has 0 aliphatic rings. The van der Waals surface area contributed by atoms with E-state index in [-0.39, 0.29) is 5.91 Å². The maximum absolute atomic E-state index is 13.0. The van der Waals surface area contributed by atoms with E-state index in [0.717, 1.165) is 28.0 Å². The SMILES string of the molecule is CCOCCn1c(=NC(=O)c2ccc(Cc3ccccc3)cc2)sc2cc(OCC)ccc21. The van der Waals surface area contributed by atoms with Crippen LogP contribution in [0.4, 0.5) is 0 Å². The lowest BCUT2D eigenvalue weighted by Crippen LogP contribution is -2.19. The van der Waals surface area contributed by atoms with Crippen molar-refractivity contribution in [3.8, 4) is 5.75 Å². The van der Waals surface area contributed by atoms with Crippen LogP contribution in [0.25, 0.3) is 10.2 Å². The fourth-order valence-corrected chi connectivity index (χ4v) is 4.74. The fourth-order valence-electron chi connectivity index (χ4n) is 3.66. The molecule has 1 amide bonds. The molecule has 0 aliphatic carbocycles. The summed E-state index contributed by atoms with van der Waals surface area (Å²) in [7, 11) is 0. The molecule has 3 aromatic carbocycles. The Bertz CT molecular complexity index is 1270. The Morgan fingerprint density at radius 2 is 1.70 bits per heavy atom. The molecule has 0 unspecified atom stereocenters. The molecule has 0 spiro atoms. The van der Waals surface area contributed by atoms with Gasteiger partial charge in [0.1, 0.15) is 5.75 Å². The van der Waals surface area contributed by atoms with Gasteiger partial charge in [0.05, 0.1) is 23.4 Å². The van der Waals surface area contributed by atoms with Crippen molar-refractivity contribution < 1.29 is 14.3 Å². The van der Waals surface area contributed by atoms with Crippen molar-refractivity contribution in [2.45, 2.75) is 26.8 Å². The van der Waals surface area contributed by atoms with Gasteiger partial charge in [0.25, 0.3) is 5.91 Å². The average molecular weight is 461 g/mol. The van der Waals surface area contributed by atoms with E-state index in [9.17, 15) is 4.79 Å². The van der Waals surface area contributed by atoms with Gasteiger partial charge < -0.3 is 14.0 Å². The summed E-state index contributed by atoms with van der Waals surface area (Å²) in [4.78, 5) is 18.1. The first-order valence-electron chi connectivity index (χ1n) is 11.2. The number of hydrogen-bond acceptors (Lipinski definition) is 4. The van der Waals surface area contributed by atoms with Crippen molar-refractivity contribution >= 4 is 27.5 Å². The van der Waals surface area contributed by atoms with Crippen LogP contribution in [0.5, 0.6) is 5.75 Å². The number of fused-ring (bicyclic) bond motifs is 1. The molecular formula is C27H28N2O3S. The second-order valence-electron chi connectivity index (χ2n) is 7.57. The number of carbonyl (C=O) groups excluding carboxylic acids is 1. The Balaban J connectivity index is 1.62. The Hall–Kier alpha value is -3.22. The van der Waals surface area contributed by atoms with E-state index in [1.54, 1.807) is 0 Å². The number of thiazole rings is 1. The van der Waals surface area contributed by atoms with Crippen molar-refractivity contribution in [1.82, 2.24) is 4.57 Å². The van der Waals surface area contributed by atoms with Crippen molar-refractivity contribution in [3.63, 3.8) is 0 Å². The van der Waals surface area contributed by atoms with Crippen LogP contribution >= 0.6 is 11.3 Å². The van der Waals surface area contributed by atoms with Crippen molar-refractivity contribution in [3.05, 3.63) is 94.3 Å². The van der Waals surface area contributed by atoms with Crippen LogP contribution in [0.3, 0.4) is 0 Å². The van der Waals surface area contributed by atoms with Crippen LogP contribution in [0.15, 0.2) is 77.8 Å². The van der Waals surface area contributed by atoms with Crippen LogP contribution in [0.2, 0.25) is 0 Å². The lowest BCUT2D eigenvalue weighted by atomic mass is 10.0. The van der Waals surface area contributed by atoms with Gasteiger partial charge in [-0.3, -0.25) is 4.79 Å². The summed E-state index contributed by atoms with van der Waals surface area (Å²) in [6.45, 7) is 6.39. The fraction of sp³-hybridized carbons (Fsp3) is 0.259. The van der Waals surface area contributed by atoms with E-state index < -0.39 is 0 Å². The van der Waals surface area contributed by atoms with E-state index in [0.29, 0.717) is 36.7 Å². The summed E-state index contributed by atoms with van der Waals surface area (Å²) in [6, 6.07) is 24.0. The molecule has 33 heavy (non-hydrogen) atoms. The first-order chi connectivity index (χ1) is 16.2. The maximum atomic E-state index is 13.0. The third-order valence-corrected chi connectivity index (χ3v) is 6.32. The van der Waals surface area contributed by atoms with Gasteiger partial charge in [-0.2, -0.15) is 4.99 Å². The van der Waals surface area contributed by atoms with Gasteiger partial charge in [-0.25, -0.2) is 0 Å². The largest absolute Gasteiger partial charge is 0.494 e. The van der Waals surface area contributed by atoms with Crippen molar-refractivity contribution in [2.75, 3.05) is 19.8 Å². The highest BCUT2D eigenvalue weighted by Crippen LogP contribution is 2.23. The molecule has 1 aromatic heterocycles. The van der Waals surface area contributed by atoms with E-state index in [1.807, 2.05) is 79.1 Å². The van der Waals surface area contributed by atoms with E-state index >= 15 is 0 Å². The van der Waals surface area contributed by atoms with Gasteiger partial charge >= 0.3 is 0 Å². The first kappa shape index (κ1) is 23.0. The smallest absolute Gasteiger partial charge is 0.279 e.